The van der Waals surface area contributed by atoms with Crippen molar-refractivity contribution in [2.45, 2.75) is 19.8 Å². The highest BCUT2D eigenvalue weighted by Crippen LogP contribution is 2.17. The predicted octanol–water partition coefficient (Wildman–Crippen LogP) is 2.80. The van der Waals surface area contributed by atoms with Crippen molar-refractivity contribution in [3.63, 3.8) is 0 Å². The smallest absolute Gasteiger partial charge is 0.244 e. The zero-order chi connectivity index (χ0) is 20.5. The zero-order valence-corrected chi connectivity index (χ0v) is 16.8. The predicted molar refractivity (Wildman–Crippen MR) is 116 cm³/mol. The van der Waals surface area contributed by atoms with Gasteiger partial charge >= 0.3 is 0 Å². The molecule has 0 saturated carbocycles. The van der Waals surface area contributed by atoms with E-state index in [2.05, 4.69) is 34.7 Å². The molecule has 2 aromatic carbocycles. The van der Waals surface area contributed by atoms with Gasteiger partial charge in [-0.15, -0.1) is 0 Å². The highest BCUT2D eigenvalue weighted by molar-refractivity contribution is 5.84. The molecule has 6 nitrogen and oxygen atoms in total. The SMILES string of the molecule is CCN(CCNC(=O)CCN1NC(c2ccccc2)=CCC1=O)c1ccccc1. The van der Waals surface area contributed by atoms with Crippen molar-refractivity contribution in [3.8, 4) is 0 Å². The van der Waals surface area contributed by atoms with Crippen molar-refractivity contribution in [3.05, 3.63) is 72.3 Å². The number of hydrogen-bond donors (Lipinski definition) is 2. The lowest BCUT2D eigenvalue weighted by molar-refractivity contribution is -0.133. The molecule has 29 heavy (non-hydrogen) atoms. The van der Waals surface area contributed by atoms with Gasteiger partial charge in [0.05, 0.1) is 12.2 Å². The molecule has 0 radical (unpaired) electrons. The largest absolute Gasteiger partial charge is 0.370 e. The fourth-order valence-corrected chi connectivity index (χ4v) is 3.27. The van der Waals surface area contributed by atoms with E-state index in [9.17, 15) is 9.59 Å². The minimum atomic E-state index is -0.0560. The number of hydrogen-bond acceptors (Lipinski definition) is 4. The minimum absolute atomic E-state index is 0.0290. The van der Waals surface area contributed by atoms with Gasteiger partial charge in [0, 0.05) is 38.2 Å². The number of hydrazine groups is 1. The van der Waals surface area contributed by atoms with E-state index in [-0.39, 0.29) is 18.2 Å². The first kappa shape index (κ1) is 20.5. The lowest BCUT2D eigenvalue weighted by Gasteiger charge is -2.29. The summed E-state index contributed by atoms with van der Waals surface area (Å²) in [4.78, 5) is 26.6. The summed E-state index contributed by atoms with van der Waals surface area (Å²) in [5.41, 5.74) is 6.20. The van der Waals surface area contributed by atoms with Gasteiger partial charge in [-0.25, -0.2) is 0 Å². The Balaban J connectivity index is 1.43. The molecule has 0 fully saturated rings. The quantitative estimate of drug-likeness (QED) is 0.689. The third-order valence-corrected chi connectivity index (χ3v) is 4.89. The molecular formula is C23H28N4O2. The Kier molecular flexibility index (Phi) is 7.28. The molecule has 0 atom stereocenters. The summed E-state index contributed by atoms with van der Waals surface area (Å²) >= 11 is 0. The van der Waals surface area contributed by atoms with Gasteiger partial charge in [-0.3, -0.25) is 20.0 Å². The third kappa shape index (κ3) is 5.85. The lowest BCUT2D eigenvalue weighted by Crippen LogP contribution is -2.46. The summed E-state index contributed by atoms with van der Waals surface area (Å²) in [6, 6.07) is 20.0. The molecule has 0 saturated heterocycles. The summed E-state index contributed by atoms with van der Waals surface area (Å²) in [5, 5.41) is 4.49. The van der Waals surface area contributed by atoms with Crippen molar-refractivity contribution in [1.82, 2.24) is 15.8 Å². The van der Waals surface area contributed by atoms with Gasteiger partial charge in [0.15, 0.2) is 0 Å². The second-order valence-corrected chi connectivity index (χ2v) is 6.86. The van der Waals surface area contributed by atoms with Gasteiger partial charge in [-0.2, -0.15) is 0 Å². The lowest BCUT2D eigenvalue weighted by atomic mass is 10.1. The van der Waals surface area contributed by atoms with Crippen LogP contribution in [-0.4, -0.2) is 43.0 Å². The maximum atomic E-state index is 12.2. The molecule has 1 heterocycles. The number of nitrogens with zero attached hydrogens (tertiary/aromatic N) is 2. The first-order valence-corrected chi connectivity index (χ1v) is 10.1. The normalized spacial score (nSPS) is 13.5. The maximum Gasteiger partial charge on any atom is 0.244 e. The number of amides is 2. The summed E-state index contributed by atoms with van der Waals surface area (Å²) in [6.45, 7) is 4.62. The van der Waals surface area contributed by atoms with E-state index in [1.54, 1.807) is 0 Å². The van der Waals surface area contributed by atoms with Crippen LogP contribution >= 0.6 is 0 Å². The monoisotopic (exact) mass is 392 g/mol. The maximum absolute atomic E-state index is 12.2. The van der Waals surface area contributed by atoms with Gasteiger partial charge < -0.3 is 10.2 Å². The number of anilines is 1. The number of carbonyl (C=O) groups excluding carboxylic acids is 2. The van der Waals surface area contributed by atoms with E-state index < -0.39 is 0 Å². The molecule has 2 aromatic rings. The number of benzene rings is 2. The van der Waals surface area contributed by atoms with E-state index in [0.29, 0.717) is 19.5 Å². The van der Waals surface area contributed by atoms with Crippen molar-refractivity contribution >= 4 is 23.2 Å². The molecule has 0 aliphatic carbocycles. The number of rotatable bonds is 9. The molecule has 6 heteroatoms. The molecule has 3 rings (SSSR count). The Labute approximate surface area is 172 Å². The van der Waals surface area contributed by atoms with Crippen LogP contribution in [0.25, 0.3) is 5.70 Å². The topological polar surface area (TPSA) is 64.7 Å². The van der Waals surface area contributed by atoms with Gasteiger partial charge in [0.2, 0.25) is 11.8 Å². The number of carbonyl (C=O) groups is 2. The average Bonchev–Trinajstić information content (AvgIpc) is 2.77. The third-order valence-electron chi connectivity index (χ3n) is 4.89. The van der Waals surface area contributed by atoms with Gasteiger partial charge in [-0.05, 0) is 30.7 Å². The number of para-hydroxylation sites is 1. The molecule has 1 aliphatic heterocycles. The van der Waals surface area contributed by atoms with E-state index in [1.807, 2.05) is 54.6 Å². The van der Waals surface area contributed by atoms with Crippen molar-refractivity contribution in [2.24, 2.45) is 0 Å². The first-order valence-electron chi connectivity index (χ1n) is 10.1. The highest BCUT2D eigenvalue weighted by atomic mass is 16.2. The standard InChI is InChI=1S/C23H28N4O2/c1-2-26(20-11-7-4-8-12-20)18-16-24-22(28)15-17-27-23(29)14-13-21(25-27)19-9-5-3-6-10-19/h3-13,25H,2,14-18H2,1H3,(H,24,28). The van der Waals surface area contributed by atoms with Gasteiger partial charge in [-0.1, -0.05) is 48.5 Å². The van der Waals surface area contributed by atoms with Crippen molar-refractivity contribution in [2.75, 3.05) is 31.1 Å². The molecule has 0 spiro atoms. The fourth-order valence-electron chi connectivity index (χ4n) is 3.27. The van der Waals surface area contributed by atoms with Crippen molar-refractivity contribution < 1.29 is 9.59 Å². The fraction of sp³-hybridized carbons (Fsp3) is 0.304. The second kappa shape index (κ2) is 10.3. The molecule has 2 N–H and O–H groups in total. The molecule has 0 unspecified atom stereocenters. The Morgan fingerprint density at radius 3 is 2.48 bits per heavy atom. The van der Waals surface area contributed by atoms with Crippen LogP contribution in [-0.2, 0) is 9.59 Å². The summed E-state index contributed by atoms with van der Waals surface area (Å²) < 4.78 is 0. The second-order valence-electron chi connectivity index (χ2n) is 6.86. The van der Waals surface area contributed by atoms with Crippen LogP contribution in [0.15, 0.2) is 66.7 Å². The Morgan fingerprint density at radius 1 is 1.10 bits per heavy atom. The van der Waals surface area contributed by atoms with Crippen molar-refractivity contribution in [1.29, 1.82) is 0 Å². The Bertz CT molecular complexity index is 836. The van der Waals surface area contributed by atoms with E-state index in [0.717, 1.165) is 30.0 Å². The highest BCUT2D eigenvalue weighted by Gasteiger charge is 2.20. The molecule has 152 valence electrons. The summed E-state index contributed by atoms with van der Waals surface area (Å²) in [7, 11) is 0. The molecule has 0 bridgehead atoms. The van der Waals surface area contributed by atoms with Gasteiger partial charge in [0.25, 0.3) is 0 Å². The number of nitrogens with one attached hydrogen (secondary N) is 2. The Morgan fingerprint density at radius 2 is 1.79 bits per heavy atom. The molecule has 2 amide bonds. The van der Waals surface area contributed by atoms with E-state index in [1.165, 1.54) is 5.01 Å². The van der Waals surface area contributed by atoms with Crippen LogP contribution in [0.5, 0.6) is 0 Å². The minimum Gasteiger partial charge on any atom is -0.370 e. The molecule has 0 aromatic heterocycles. The molecule has 1 aliphatic rings. The van der Waals surface area contributed by atoms with E-state index in [4.69, 9.17) is 0 Å². The average molecular weight is 393 g/mol. The van der Waals surface area contributed by atoms with Crippen LogP contribution < -0.4 is 15.6 Å². The van der Waals surface area contributed by atoms with E-state index >= 15 is 0 Å². The zero-order valence-electron chi connectivity index (χ0n) is 16.8. The molecular weight excluding hydrogens is 364 g/mol. The van der Waals surface area contributed by atoms with Crippen LogP contribution in [0.3, 0.4) is 0 Å². The summed E-state index contributed by atoms with van der Waals surface area (Å²) in [6.07, 6.45) is 2.48. The Hall–Kier alpha value is -3.28. The van der Waals surface area contributed by atoms with Crippen LogP contribution in [0, 0.1) is 0 Å². The van der Waals surface area contributed by atoms with Crippen LogP contribution in [0.1, 0.15) is 25.3 Å². The number of likely N-dealkylation sites (N-methyl/N-ethyl adjacent to an activating group) is 1. The van der Waals surface area contributed by atoms with Crippen LogP contribution in [0.4, 0.5) is 5.69 Å². The first-order chi connectivity index (χ1) is 14.2. The van der Waals surface area contributed by atoms with Crippen LogP contribution in [0.2, 0.25) is 0 Å². The van der Waals surface area contributed by atoms with Gasteiger partial charge in [0.1, 0.15) is 0 Å². The summed E-state index contributed by atoms with van der Waals surface area (Å²) in [5.74, 6) is -0.0850.